The van der Waals surface area contributed by atoms with E-state index in [1.54, 1.807) is 6.08 Å². The predicted molar refractivity (Wildman–Crippen MR) is 461 cm³/mol. The lowest BCUT2D eigenvalue weighted by molar-refractivity contribution is -0.379. The summed E-state index contributed by atoms with van der Waals surface area (Å²) < 4.78 is 34.5. The average molecular weight is 1610 g/mol. The predicted octanol–water partition coefficient (Wildman–Crippen LogP) is 17.3. The molecule has 0 aliphatic carbocycles. The van der Waals surface area contributed by atoms with Gasteiger partial charge in [-0.1, -0.05) is 346 Å². The van der Waals surface area contributed by atoms with E-state index in [1.165, 1.54) is 154 Å². The highest BCUT2D eigenvalue weighted by Crippen LogP contribution is 2.33. The largest absolute Gasteiger partial charge is 0.394 e. The molecule has 3 aliphatic rings. The fraction of sp³-hybridized carbons (Fsp3) is 0.737. The molecule has 19 heteroatoms. The van der Waals surface area contributed by atoms with Crippen LogP contribution in [0.1, 0.15) is 316 Å². The van der Waals surface area contributed by atoms with Crippen LogP contribution in [0.15, 0.2) is 146 Å². The highest BCUT2D eigenvalue weighted by molar-refractivity contribution is 5.76. The second kappa shape index (κ2) is 72.7. The standard InChI is InChI=1S/C95H161NO18/c1-3-5-7-9-11-13-15-17-19-21-23-25-27-29-31-33-35-36-37-38-39-40-41-42-43-45-47-49-51-53-55-57-59-61-63-65-67-69-71-73-83(101)96-78(79(100)72-70-68-66-64-62-60-58-56-54-52-50-48-46-44-34-32-30-28-26-24-22-20-18-16-14-12-10-8-6-4-2)77-109-93-89(107)86(104)91(81(75-98)111-93)114-95-90(108)87(105)92(82(76-99)112-95)113-94-88(106)85(103)84(102)80(74-97)110-94/h5,7,11,13,17,19,23,25,29,31,35-36,38-39,41-42,45,47,51,53,62,64,70,72,78-82,84-95,97-100,102-108H,3-4,6,8-10,12,14-16,18,20-22,24,26-28,30,32-34,37,40,43-44,46,48-50,52,54-61,63,65-69,71,73-77H2,1-2H3,(H,96,101)/b7-5-,13-11-,19-17-,25-23-,31-29-,36-35-,39-38-,42-41-,47-45-,53-51-,64-62+,72-70+. The number of rotatable bonds is 71. The van der Waals surface area contributed by atoms with Crippen molar-refractivity contribution in [2.24, 2.45) is 0 Å². The smallest absolute Gasteiger partial charge is 0.220 e. The summed E-state index contributed by atoms with van der Waals surface area (Å²) in [6, 6.07) is -1.01. The molecule has 3 rings (SSSR count). The average Bonchev–Trinajstić information content (AvgIpc) is 0.783. The summed E-state index contributed by atoms with van der Waals surface area (Å²) in [6.45, 7) is 1.62. The summed E-state index contributed by atoms with van der Waals surface area (Å²) in [4.78, 5) is 13.5. The first-order valence-corrected chi connectivity index (χ1v) is 45.1. The summed E-state index contributed by atoms with van der Waals surface area (Å²) in [7, 11) is 0. The molecule has 3 fully saturated rings. The third kappa shape index (κ3) is 50.6. The fourth-order valence-corrected chi connectivity index (χ4v) is 14.2. The van der Waals surface area contributed by atoms with E-state index >= 15 is 0 Å². The van der Waals surface area contributed by atoms with Gasteiger partial charge in [-0.05, 0) is 109 Å². The Morgan fingerprint density at radius 3 is 0.982 bits per heavy atom. The minimum Gasteiger partial charge on any atom is -0.394 e. The van der Waals surface area contributed by atoms with Gasteiger partial charge in [0.1, 0.15) is 73.2 Å². The van der Waals surface area contributed by atoms with Crippen molar-refractivity contribution in [3.8, 4) is 0 Å². The number of aliphatic hydroxyl groups is 11. The quantitative estimate of drug-likeness (QED) is 0.0199. The van der Waals surface area contributed by atoms with Gasteiger partial charge in [0.05, 0.1) is 38.6 Å². The molecule has 3 heterocycles. The van der Waals surface area contributed by atoms with Crippen LogP contribution in [0, 0.1) is 0 Å². The van der Waals surface area contributed by atoms with Gasteiger partial charge in [0.15, 0.2) is 18.9 Å². The minimum atomic E-state index is -1.99. The molecular weight excluding hydrogens is 1440 g/mol. The number of allylic oxidation sites excluding steroid dienone is 23. The third-order valence-electron chi connectivity index (χ3n) is 21.4. The first kappa shape index (κ1) is 104. The van der Waals surface area contributed by atoms with Crippen molar-refractivity contribution in [2.75, 3.05) is 26.4 Å². The minimum absolute atomic E-state index is 0.217. The Kier molecular flexibility index (Phi) is 66.2. The summed E-state index contributed by atoms with van der Waals surface area (Å²) in [5.74, 6) is -0.297. The molecule has 17 unspecified atom stereocenters. The molecule has 0 saturated carbocycles. The van der Waals surface area contributed by atoms with E-state index in [2.05, 4.69) is 153 Å². The molecule has 0 radical (unpaired) electrons. The van der Waals surface area contributed by atoms with Crippen molar-refractivity contribution < 1.29 is 89.4 Å². The Labute approximate surface area is 689 Å². The van der Waals surface area contributed by atoms with E-state index < -0.39 is 124 Å². The normalized spacial score (nSPS) is 25.4. The van der Waals surface area contributed by atoms with Crippen molar-refractivity contribution in [3.63, 3.8) is 0 Å². The van der Waals surface area contributed by atoms with Gasteiger partial charge in [0.2, 0.25) is 5.91 Å². The van der Waals surface area contributed by atoms with Gasteiger partial charge in [-0.3, -0.25) is 4.79 Å². The van der Waals surface area contributed by atoms with Crippen LogP contribution in [0.3, 0.4) is 0 Å². The van der Waals surface area contributed by atoms with Crippen molar-refractivity contribution in [2.45, 2.75) is 420 Å². The van der Waals surface area contributed by atoms with Crippen LogP contribution < -0.4 is 5.32 Å². The van der Waals surface area contributed by atoms with E-state index in [1.807, 2.05) is 6.08 Å². The zero-order valence-corrected chi connectivity index (χ0v) is 70.5. The van der Waals surface area contributed by atoms with Crippen molar-refractivity contribution in [1.29, 1.82) is 0 Å². The molecule has 12 N–H and O–H groups in total. The van der Waals surface area contributed by atoms with Gasteiger partial charge in [-0.25, -0.2) is 0 Å². The molecule has 654 valence electrons. The Hall–Kier alpha value is -4.33. The van der Waals surface area contributed by atoms with Crippen molar-refractivity contribution >= 4 is 5.91 Å². The summed E-state index contributed by atoms with van der Waals surface area (Å²) in [6.07, 6.45) is 79.9. The monoisotopic (exact) mass is 1600 g/mol. The molecule has 19 nitrogen and oxygen atoms in total. The van der Waals surface area contributed by atoms with Crippen LogP contribution in [0.5, 0.6) is 0 Å². The molecule has 1 amide bonds. The second-order valence-corrected chi connectivity index (χ2v) is 31.3. The first-order valence-electron chi connectivity index (χ1n) is 45.1. The maximum atomic E-state index is 13.5. The fourth-order valence-electron chi connectivity index (χ4n) is 14.2. The van der Waals surface area contributed by atoms with Crippen LogP contribution >= 0.6 is 0 Å². The highest BCUT2D eigenvalue weighted by Gasteiger charge is 2.54. The van der Waals surface area contributed by atoms with Crippen LogP contribution in [0.2, 0.25) is 0 Å². The zero-order valence-electron chi connectivity index (χ0n) is 70.5. The van der Waals surface area contributed by atoms with Gasteiger partial charge in [0, 0.05) is 6.42 Å². The van der Waals surface area contributed by atoms with Crippen molar-refractivity contribution in [1.82, 2.24) is 5.32 Å². The number of amides is 1. The van der Waals surface area contributed by atoms with Gasteiger partial charge >= 0.3 is 0 Å². The number of carbonyl (C=O) groups is 1. The van der Waals surface area contributed by atoms with Crippen LogP contribution in [-0.4, -0.2) is 193 Å². The number of carbonyl (C=O) groups excluding carboxylic acids is 1. The molecule has 0 aromatic heterocycles. The lowest BCUT2D eigenvalue weighted by Gasteiger charge is -2.48. The molecule has 3 saturated heterocycles. The third-order valence-corrected chi connectivity index (χ3v) is 21.4. The number of unbranched alkanes of at least 4 members (excludes halogenated alkanes) is 33. The van der Waals surface area contributed by atoms with Gasteiger partial charge in [-0.15, -0.1) is 0 Å². The Balaban J connectivity index is 1.35. The maximum absolute atomic E-state index is 13.5. The van der Waals surface area contributed by atoms with Crippen LogP contribution in [0.4, 0.5) is 0 Å². The van der Waals surface area contributed by atoms with E-state index in [-0.39, 0.29) is 18.9 Å². The highest BCUT2D eigenvalue weighted by atomic mass is 16.8. The van der Waals surface area contributed by atoms with E-state index in [9.17, 15) is 61.0 Å². The van der Waals surface area contributed by atoms with Crippen LogP contribution in [0.25, 0.3) is 0 Å². The SMILES string of the molecule is CC/C=C\C/C=C\C/C=C\C/C=C\C/C=C\C/C=C\C/C=C\C/C=C\C/C=C\C/C=C\CCCCCCCCCCC(=O)NC(COC1OC(CO)C(OC2OC(CO)C(OC3OC(CO)C(O)C(O)C3O)C(O)C2O)C(O)C1O)C(O)/C=C/CC/C=C/CCCCCCCCCCCCCCCCCCCCCCCCCC. The first-order chi connectivity index (χ1) is 55.8. The summed E-state index contributed by atoms with van der Waals surface area (Å²) in [5.41, 5.74) is 0. The molecule has 17 atom stereocenters. The maximum Gasteiger partial charge on any atom is 0.220 e. The number of hydrogen-bond donors (Lipinski definition) is 12. The van der Waals surface area contributed by atoms with Gasteiger partial charge < -0.3 is 89.9 Å². The Morgan fingerprint density at radius 2 is 0.614 bits per heavy atom. The molecule has 3 aliphatic heterocycles. The summed E-state index contributed by atoms with van der Waals surface area (Å²) >= 11 is 0. The second-order valence-electron chi connectivity index (χ2n) is 31.3. The van der Waals surface area contributed by atoms with Gasteiger partial charge in [0.25, 0.3) is 0 Å². The number of hydrogen-bond acceptors (Lipinski definition) is 18. The van der Waals surface area contributed by atoms with E-state index in [0.29, 0.717) is 12.8 Å². The molecule has 0 aromatic rings. The zero-order chi connectivity index (χ0) is 82.4. The summed E-state index contributed by atoms with van der Waals surface area (Å²) in [5, 5.41) is 121. The molecule has 114 heavy (non-hydrogen) atoms. The topological polar surface area (TPSA) is 307 Å². The number of nitrogens with one attached hydrogen (secondary N) is 1. The van der Waals surface area contributed by atoms with E-state index in [4.69, 9.17) is 28.4 Å². The Bertz CT molecular complexity index is 2630. The van der Waals surface area contributed by atoms with Gasteiger partial charge in [-0.2, -0.15) is 0 Å². The molecule has 0 bridgehead atoms. The molecule has 0 aromatic carbocycles. The number of aliphatic hydroxyl groups excluding tert-OH is 11. The Morgan fingerprint density at radius 1 is 0.325 bits per heavy atom. The van der Waals surface area contributed by atoms with E-state index in [0.717, 1.165) is 128 Å². The van der Waals surface area contributed by atoms with Crippen LogP contribution in [-0.2, 0) is 33.2 Å². The lowest BCUT2D eigenvalue weighted by atomic mass is 9.96. The van der Waals surface area contributed by atoms with Crippen molar-refractivity contribution in [3.05, 3.63) is 146 Å². The molecule has 0 spiro atoms. The number of ether oxygens (including phenoxy) is 6. The lowest BCUT2D eigenvalue weighted by Crippen LogP contribution is -2.66. The molecular formula is C95H161NO18.